The minimum atomic E-state index is -1.42. The molecule has 0 saturated heterocycles. The Bertz CT molecular complexity index is 603. The maximum Gasteiger partial charge on any atom is 0.320 e. The van der Waals surface area contributed by atoms with E-state index >= 15 is 0 Å². The Labute approximate surface area is 138 Å². The topological polar surface area (TPSA) is 138 Å². The third kappa shape index (κ3) is 4.51. The van der Waals surface area contributed by atoms with Gasteiger partial charge >= 0.3 is 11.9 Å². The Balaban J connectivity index is 3.04. The van der Waals surface area contributed by atoms with Crippen molar-refractivity contribution in [1.29, 1.82) is 0 Å². The molecule has 0 unspecified atom stereocenters. The molecule has 1 aromatic rings. The van der Waals surface area contributed by atoms with Crippen LogP contribution in [0.3, 0.4) is 0 Å². The number of nitrogens with two attached hydrogens (primary N) is 1. The van der Waals surface area contributed by atoms with Crippen LogP contribution in [0.25, 0.3) is 0 Å². The first kappa shape index (κ1) is 19.1. The van der Waals surface area contributed by atoms with E-state index in [9.17, 15) is 19.2 Å². The van der Waals surface area contributed by atoms with Gasteiger partial charge in [-0.05, 0) is 12.1 Å². The van der Waals surface area contributed by atoms with Crippen molar-refractivity contribution < 1.29 is 28.7 Å². The number of hydrogen-bond donors (Lipinski definition) is 2. The Morgan fingerprint density at radius 1 is 1.12 bits per heavy atom. The van der Waals surface area contributed by atoms with E-state index in [1.165, 1.54) is 19.2 Å². The van der Waals surface area contributed by atoms with Crippen molar-refractivity contribution in [1.82, 2.24) is 10.3 Å². The molecule has 1 rings (SSSR count). The third-order valence-corrected chi connectivity index (χ3v) is 3.45. The highest BCUT2D eigenvalue weighted by Gasteiger charge is 2.41. The van der Waals surface area contributed by atoms with E-state index in [0.717, 1.165) is 14.2 Å². The molecule has 2 atom stereocenters. The van der Waals surface area contributed by atoms with Gasteiger partial charge in [0.1, 0.15) is 11.7 Å². The van der Waals surface area contributed by atoms with Gasteiger partial charge in [-0.15, -0.1) is 0 Å². The molecule has 0 radical (unpaired) electrons. The highest BCUT2D eigenvalue weighted by atomic mass is 16.5. The molecule has 0 aliphatic heterocycles. The molecule has 0 aliphatic rings. The molecule has 9 heteroatoms. The van der Waals surface area contributed by atoms with Gasteiger partial charge < -0.3 is 20.5 Å². The second kappa shape index (κ2) is 8.61. The number of nitrogens with zero attached hydrogens (tertiary/aromatic N) is 1. The molecule has 0 bridgehead atoms. The molecule has 0 aliphatic carbocycles. The van der Waals surface area contributed by atoms with E-state index in [4.69, 9.17) is 5.73 Å². The Kier molecular flexibility index (Phi) is 6.84. The van der Waals surface area contributed by atoms with Crippen molar-refractivity contribution in [2.75, 3.05) is 14.2 Å². The van der Waals surface area contributed by atoms with Crippen molar-refractivity contribution in [2.24, 2.45) is 17.6 Å². The first-order chi connectivity index (χ1) is 11.3. The average Bonchev–Trinajstić information content (AvgIpc) is 2.59. The first-order valence-corrected chi connectivity index (χ1v) is 7.00. The van der Waals surface area contributed by atoms with Crippen molar-refractivity contribution in [3.8, 4) is 0 Å². The number of carbonyl (C=O) groups excluding carboxylic acids is 4. The summed E-state index contributed by atoms with van der Waals surface area (Å²) in [6, 6.07) is 3.35. The molecule has 9 nitrogen and oxygen atoms in total. The van der Waals surface area contributed by atoms with Gasteiger partial charge in [0.25, 0.3) is 5.91 Å². The van der Waals surface area contributed by atoms with Crippen LogP contribution in [0.4, 0.5) is 0 Å². The average molecular weight is 337 g/mol. The Hall–Kier alpha value is -2.97. The number of pyridine rings is 1. The Morgan fingerprint density at radius 3 is 2.12 bits per heavy atom. The van der Waals surface area contributed by atoms with Crippen molar-refractivity contribution in [2.45, 2.75) is 13.0 Å². The molecule has 0 spiro atoms. The van der Waals surface area contributed by atoms with E-state index in [2.05, 4.69) is 19.8 Å². The summed E-state index contributed by atoms with van der Waals surface area (Å²) in [6.07, 6.45) is 1.41. The zero-order valence-electron chi connectivity index (χ0n) is 13.5. The van der Waals surface area contributed by atoms with Crippen LogP contribution < -0.4 is 11.1 Å². The van der Waals surface area contributed by atoms with Crippen LogP contribution in [-0.4, -0.2) is 49.0 Å². The lowest BCUT2D eigenvalue weighted by Crippen LogP contribution is -2.53. The number of esters is 2. The molecule has 3 N–H and O–H groups in total. The van der Waals surface area contributed by atoms with Gasteiger partial charge in [-0.3, -0.25) is 24.2 Å². The maximum atomic E-state index is 12.2. The van der Waals surface area contributed by atoms with Crippen molar-refractivity contribution in [3.63, 3.8) is 0 Å². The van der Waals surface area contributed by atoms with Crippen molar-refractivity contribution in [3.05, 3.63) is 30.1 Å². The summed E-state index contributed by atoms with van der Waals surface area (Å²) in [5.74, 6) is -5.78. The van der Waals surface area contributed by atoms with Crippen LogP contribution in [-0.2, 0) is 23.9 Å². The number of nitrogens with one attached hydrogen (secondary N) is 1. The van der Waals surface area contributed by atoms with Gasteiger partial charge in [0.2, 0.25) is 5.91 Å². The number of aromatic nitrogens is 1. The van der Waals surface area contributed by atoms with Gasteiger partial charge in [-0.2, -0.15) is 0 Å². The lowest BCUT2D eigenvalue weighted by Gasteiger charge is -2.26. The van der Waals surface area contributed by atoms with Gasteiger partial charge in [-0.1, -0.05) is 13.0 Å². The number of primary amides is 1. The molecule has 1 aromatic heterocycles. The number of rotatable bonds is 7. The zero-order valence-corrected chi connectivity index (χ0v) is 13.5. The van der Waals surface area contributed by atoms with Gasteiger partial charge in [0.05, 0.1) is 14.2 Å². The highest BCUT2D eigenvalue weighted by molar-refractivity contribution is 5.98. The predicted molar refractivity (Wildman–Crippen MR) is 81.4 cm³/mol. The fraction of sp³-hybridized carbons (Fsp3) is 0.400. The second-order valence-corrected chi connectivity index (χ2v) is 4.95. The summed E-state index contributed by atoms with van der Waals surface area (Å²) in [5.41, 5.74) is 5.37. The normalized spacial score (nSPS) is 12.8. The molecule has 0 fully saturated rings. The molecule has 24 heavy (non-hydrogen) atoms. The van der Waals surface area contributed by atoms with Crippen LogP contribution >= 0.6 is 0 Å². The van der Waals surface area contributed by atoms with Gasteiger partial charge in [0.15, 0.2) is 5.92 Å². The molecular weight excluding hydrogens is 318 g/mol. The number of amides is 2. The summed E-state index contributed by atoms with van der Waals surface area (Å²) in [5, 5.41) is 2.38. The highest BCUT2D eigenvalue weighted by Crippen LogP contribution is 2.19. The van der Waals surface area contributed by atoms with Crippen LogP contribution in [0.5, 0.6) is 0 Å². The van der Waals surface area contributed by atoms with Gasteiger partial charge in [0, 0.05) is 12.1 Å². The first-order valence-electron chi connectivity index (χ1n) is 7.00. The molecule has 1 heterocycles. The summed E-state index contributed by atoms with van der Waals surface area (Å²) < 4.78 is 9.12. The maximum absolute atomic E-state index is 12.2. The zero-order chi connectivity index (χ0) is 18.3. The number of methoxy groups -OCH3 is 2. The van der Waals surface area contributed by atoms with Crippen LogP contribution in [0.2, 0.25) is 0 Å². The summed E-state index contributed by atoms with van der Waals surface area (Å²) >= 11 is 0. The van der Waals surface area contributed by atoms with Crippen LogP contribution in [0.15, 0.2) is 24.4 Å². The molecule has 130 valence electrons. The lowest BCUT2D eigenvalue weighted by atomic mass is 9.86. The Morgan fingerprint density at radius 2 is 1.71 bits per heavy atom. The lowest BCUT2D eigenvalue weighted by molar-refractivity contribution is -0.161. The quantitative estimate of drug-likeness (QED) is 0.494. The second-order valence-electron chi connectivity index (χ2n) is 4.95. The summed E-state index contributed by atoms with van der Waals surface area (Å²) in [7, 11) is 2.19. The number of hydrogen-bond acceptors (Lipinski definition) is 7. The smallest absolute Gasteiger partial charge is 0.320 e. The van der Waals surface area contributed by atoms with E-state index in [1.807, 2.05) is 0 Å². The largest absolute Gasteiger partial charge is 0.468 e. The van der Waals surface area contributed by atoms with Crippen LogP contribution in [0, 0.1) is 11.8 Å². The van der Waals surface area contributed by atoms with Gasteiger partial charge in [-0.25, -0.2) is 0 Å². The number of ether oxygens (including phenoxy) is 2. The van der Waals surface area contributed by atoms with Crippen molar-refractivity contribution >= 4 is 23.8 Å². The monoisotopic (exact) mass is 337 g/mol. The molecular formula is C15H19N3O6. The summed E-state index contributed by atoms with van der Waals surface area (Å²) in [4.78, 5) is 51.4. The minimum Gasteiger partial charge on any atom is -0.468 e. The molecule has 0 aromatic carbocycles. The summed E-state index contributed by atoms with van der Waals surface area (Å²) in [6.45, 7) is 1.41. The van der Waals surface area contributed by atoms with E-state index < -0.39 is 41.6 Å². The molecule has 2 amide bonds. The fourth-order valence-electron chi connectivity index (χ4n) is 2.15. The molecule has 0 saturated carbocycles. The predicted octanol–water partition coefficient (Wildman–Crippen LogP) is -0.736. The fourth-order valence-corrected chi connectivity index (χ4v) is 2.15. The third-order valence-electron chi connectivity index (χ3n) is 3.45. The minimum absolute atomic E-state index is 0.0589. The SMILES string of the molecule is COC(=O)C(C(=O)OC)[C@@H](C)[C@@H](NC(=O)c1ccccn1)C(N)=O. The van der Waals surface area contributed by atoms with E-state index in [-0.39, 0.29) is 5.69 Å². The van der Waals surface area contributed by atoms with E-state index in [0.29, 0.717) is 0 Å². The standard InChI is InChI=1S/C15H19N3O6/c1-8(10(14(21)23-2)15(22)24-3)11(12(16)19)18-13(20)9-6-4-5-7-17-9/h4-8,10-11H,1-3H3,(H2,16,19)(H,18,20)/t8-,11-/m1/s1. The van der Waals surface area contributed by atoms with E-state index in [1.54, 1.807) is 12.1 Å². The van der Waals surface area contributed by atoms with Crippen LogP contribution in [0.1, 0.15) is 17.4 Å². The number of carbonyl (C=O) groups is 4.